The molecule has 0 aliphatic heterocycles. The molecule has 1 aromatic rings. The fourth-order valence-corrected chi connectivity index (χ4v) is 2.07. The number of carboxylic acids is 1. The van der Waals surface area contributed by atoms with Crippen molar-refractivity contribution in [3.05, 3.63) is 18.5 Å². The molecule has 2 rings (SSSR count). The number of nitrogens with zero attached hydrogens (tertiary/aromatic N) is 2. The summed E-state index contributed by atoms with van der Waals surface area (Å²) in [6.07, 6.45) is 6.62. The maximum atomic E-state index is 10.8. The Morgan fingerprint density at radius 1 is 1.44 bits per heavy atom. The van der Waals surface area contributed by atoms with Gasteiger partial charge in [0.05, 0.1) is 6.42 Å². The molecule has 0 bridgehead atoms. The average molecular weight is 221 g/mol. The van der Waals surface area contributed by atoms with Crippen LogP contribution in [0.5, 0.6) is 0 Å². The fraction of sp³-hybridized carbons (Fsp3) is 0.545. The third-order valence-electron chi connectivity index (χ3n) is 3.13. The molecule has 1 fully saturated rings. The van der Waals surface area contributed by atoms with Crippen molar-refractivity contribution < 1.29 is 9.90 Å². The number of rotatable bonds is 5. The highest BCUT2D eigenvalue weighted by Crippen LogP contribution is 2.43. The summed E-state index contributed by atoms with van der Waals surface area (Å²) < 4.78 is 0. The van der Waals surface area contributed by atoms with E-state index in [1.54, 1.807) is 18.5 Å². The van der Waals surface area contributed by atoms with Gasteiger partial charge in [0, 0.05) is 18.9 Å². The Kier molecular flexibility index (Phi) is 3.03. The Labute approximate surface area is 93.9 Å². The van der Waals surface area contributed by atoms with E-state index in [2.05, 4.69) is 15.3 Å². The van der Waals surface area contributed by atoms with Crippen molar-refractivity contribution in [2.45, 2.75) is 25.7 Å². The van der Waals surface area contributed by atoms with E-state index in [-0.39, 0.29) is 11.8 Å². The Morgan fingerprint density at radius 3 is 2.62 bits per heavy atom. The molecule has 5 nitrogen and oxygen atoms in total. The third kappa shape index (κ3) is 2.48. The van der Waals surface area contributed by atoms with Gasteiger partial charge in [0.15, 0.2) is 0 Å². The van der Waals surface area contributed by atoms with Gasteiger partial charge in [-0.1, -0.05) is 6.42 Å². The molecule has 0 amide bonds. The Hall–Kier alpha value is -1.65. The van der Waals surface area contributed by atoms with Crippen LogP contribution in [0.1, 0.15) is 25.7 Å². The minimum atomic E-state index is -0.726. The zero-order chi connectivity index (χ0) is 11.4. The first kappa shape index (κ1) is 10.9. The first-order valence-corrected chi connectivity index (χ1v) is 5.43. The molecular formula is C11H15N3O2. The summed E-state index contributed by atoms with van der Waals surface area (Å²) >= 11 is 0. The van der Waals surface area contributed by atoms with Gasteiger partial charge in [-0.15, -0.1) is 0 Å². The van der Waals surface area contributed by atoms with Crippen LogP contribution in [0.3, 0.4) is 0 Å². The molecule has 2 N–H and O–H groups in total. The molecule has 0 atom stereocenters. The molecule has 86 valence electrons. The molecule has 1 aliphatic rings. The minimum Gasteiger partial charge on any atom is -0.481 e. The summed E-state index contributed by atoms with van der Waals surface area (Å²) in [6.45, 7) is 0.642. The predicted octanol–water partition coefficient (Wildman–Crippen LogP) is 1.53. The van der Waals surface area contributed by atoms with Gasteiger partial charge in [0.25, 0.3) is 0 Å². The van der Waals surface area contributed by atoms with E-state index in [1.165, 1.54) is 0 Å². The SMILES string of the molecule is O=C(O)CC1(CNc2ncccn2)CCC1. The lowest BCUT2D eigenvalue weighted by molar-refractivity contribution is -0.141. The maximum Gasteiger partial charge on any atom is 0.303 e. The topological polar surface area (TPSA) is 75.1 Å². The number of aromatic nitrogens is 2. The summed E-state index contributed by atoms with van der Waals surface area (Å²) in [5.41, 5.74) is -0.0922. The summed E-state index contributed by atoms with van der Waals surface area (Å²) in [6, 6.07) is 1.75. The molecule has 0 radical (unpaired) electrons. The largest absolute Gasteiger partial charge is 0.481 e. The Bertz CT molecular complexity index is 363. The summed E-state index contributed by atoms with van der Waals surface area (Å²) in [5, 5.41) is 12.0. The van der Waals surface area contributed by atoms with E-state index in [1.807, 2.05) is 0 Å². The lowest BCUT2D eigenvalue weighted by Gasteiger charge is -2.40. The van der Waals surface area contributed by atoms with Gasteiger partial charge >= 0.3 is 5.97 Å². The summed E-state index contributed by atoms with van der Waals surface area (Å²) in [5.74, 6) is -0.158. The van der Waals surface area contributed by atoms with Crippen LogP contribution in [0.2, 0.25) is 0 Å². The van der Waals surface area contributed by atoms with Crippen LogP contribution >= 0.6 is 0 Å². The second kappa shape index (κ2) is 4.47. The van der Waals surface area contributed by atoms with Crippen molar-refractivity contribution >= 4 is 11.9 Å². The van der Waals surface area contributed by atoms with Gasteiger partial charge in [-0.05, 0) is 24.3 Å². The molecule has 1 heterocycles. The fourth-order valence-electron chi connectivity index (χ4n) is 2.07. The van der Waals surface area contributed by atoms with E-state index in [4.69, 9.17) is 5.11 Å². The maximum absolute atomic E-state index is 10.8. The molecule has 0 unspecified atom stereocenters. The molecule has 1 saturated carbocycles. The van der Waals surface area contributed by atoms with Crippen LogP contribution in [0.25, 0.3) is 0 Å². The highest BCUT2D eigenvalue weighted by Gasteiger charge is 2.38. The molecule has 0 spiro atoms. The van der Waals surface area contributed by atoms with Gasteiger partial charge in [-0.2, -0.15) is 0 Å². The number of carboxylic acid groups (broad SMARTS) is 1. The monoisotopic (exact) mass is 221 g/mol. The van der Waals surface area contributed by atoms with Crippen molar-refractivity contribution in [2.75, 3.05) is 11.9 Å². The smallest absolute Gasteiger partial charge is 0.303 e. The Balaban J connectivity index is 1.90. The number of aliphatic carboxylic acids is 1. The second-order valence-electron chi connectivity index (χ2n) is 4.35. The van der Waals surface area contributed by atoms with Crippen molar-refractivity contribution in [1.82, 2.24) is 9.97 Å². The van der Waals surface area contributed by atoms with E-state index >= 15 is 0 Å². The van der Waals surface area contributed by atoms with Crippen LogP contribution in [-0.4, -0.2) is 27.6 Å². The summed E-state index contributed by atoms with van der Waals surface area (Å²) in [7, 11) is 0. The highest BCUT2D eigenvalue weighted by atomic mass is 16.4. The standard InChI is InChI=1S/C11H15N3O2/c15-9(16)7-11(3-1-4-11)8-14-10-12-5-2-6-13-10/h2,5-6H,1,3-4,7-8H2,(H,15,16)(H,12,13,14). The minimum absolute atomic E-state index is 0.0922. The molecule has 0 saturated heterocycles. The predicted molar refractivity (Wildman–Crippen MR) is 59.1 cm³/mol. The second-order valence-corrected chi connectivity index (χ2v) is 4.35. The first-order chi connectivity index (χ1) is 7.70. The van der Waals surface area contributed by atoms with Gasteiger partial charge in [0.2, 0.25) is 5.95 Å². The van der Waals surface area contributed by atoms with Gasteiger partial charge in [-0.3, -0.25) is 4.79 Å². The van der Waals surface area contributed by atoms with Crippen molar-refractivity contribution in [3.8, 4) is 0 Å². The van der Waals surface area contributed by atoms with Crippen LogP contribution < -0.4 is 5.32 Å². The molecule has 16 heavy (non-hydrogen) atoms. The molecule has 1 aromatic heterocycles. The molecule has 0 aromatic carbocycles. The van der Waals surface area contributed by atoms with E-state index in [0.29, 0.717) is 12.5 Å². The summed E-state index contributed by atoms with van der Waals surface area (Å²) in [4.78, 5) is 18.9. The zero-order valence-electron chi connectivity index (χ0n) is 9.02. The van der Waals surface area contributed by atoms with Gasteiger partial charge in [-0.25, -0.2) is 9.97 Å². The first-order valence-electron chi connectivity index (χ1n) is 5.43. The van der Waals surface area contributed by atoms with Crippen molar-refractivity contribution in [1.29, 1.82) is 0 Å². The Morgan fingerprint density at radius 2 is 2.12 bits per heavy atom. The lowest BCUT2D eigenvalue weighted by atomic mass is 9.66. The average Bonchev–Trinajstić information content (AvgIpc) is 2.23. The number of anilines is 1. The highest BCUT2D eigenvalue weighted by molar-refractivity contribution is 5.68. The third-order valence-corrected chi connectivity index (χ3v) is 3.13. The van der Waals surface area contributed by atoms with Crippen molar-refractivity contribution in [2.24, 2.45) is 5.41 Å². The van der Waals surface area contributed by atoms with E-state index in [9.17, 15) is 4.79 Å². The van der Waals surface area contributed by atoms with Crippen LogP contribution in [0, 0.1) is 5.41 Å². The van der Waals surface area contributed by atoms with Crippen LogP contribution in [-0.2, 0) is 4.79 Å². The number of hydrogen-bond acceptors (Lipinski definition) is 4. The number of hydrogen-bond donors (Lipinski definition) is 2. The van der Waals surface area contributed by atoms with Crippen molar-refractivity contribution in [3.63, 3.8) is 0 Å². The molecule has 1 aliphatic carbocycles. The van der Waals surface area contributed by atoms with E-state index in [0.717, 1.165) is 19.3 Å². The lowest BCUT2D eigenvalue weighted by Crippen LogP contribution is -2.38. The number of carbonyl (C=O) groups is 1. The number of nitrogens with one attached hydrogen (secondary N) is 1. The van der Waals surface area contributed by atoms with Crippen LogP contribution in [0.4, 0.5) is 5.95 Å². The van der Waals surface area contributed by atoms with Gasteiger partial charge < -0.3 is 10.4 Å². The molecular weight excluding hydrogens is 206 g/mol. The van der Waals surface area contributed by atoms with E-state index < -0.39 is 5.97 Å². The van der Waals surface area contributed by atoms with Crippen LogP contribution in [0.15, 0.2) is 18.5 Å². The normalized spacial score (nSPS) is 17.5. The molecule has 5 heteroatoms. The quantitative estimate of drug-likeness (QED) is 0.788. The zero-order valence-corrected chi connectivity index (χ0v) is 9.02. The van der Waals surface area contributed by atoms with Gasteiger partial charge in [0.1, 0.15) is 0 Å².